The maximum Gasteiger partial charge on any atom is 0.246 e. The number of hydrogen-bond acceptors (Lipinski definition) is 4. The molecule has 4 rings (SSSR count). The number of fused-ring (bicyclic) bond motifs is 1. The molecule has 2 aromatic rings. The van der Waals surface area contributed by atoms with Crippen LogP contribution in [0.3, 0.4) is 0 Å². The summed E-state index contributed by atoms with van der Waals surface area (Å²) in [6.45, 7) is 7.60. The van der Waals surface area contributed by atoms with Gasteiger partial charge in [0.2, 0.25) is 11.8 Å². The summed E-state index contributed by atoms with van der Waals surface area (Å²) >= 11 is 0. The summed E-state index contributed by atoms with van der Waals surface area (Å²) in [5, 5.41) is 7.45. The van der Waals surface area contributed by atoms with Gasteiger partial charge in [-0.2, -0.15) is 5.10 Å². The molecule has 0 aliphatic carbocycles. The molecule has 2 aliphatic rings. The molecule has 2 aliphatic heterocycles. The lowest BCUT2D eigenvalue weighted by molar-refractivity contribution is -0.153. The van der Waals surface area contributed by atoms with Gasteiger partial charge in [-0.1, -0.05) is 30.3 Å². The van der Waals surface area contributed by atoms with Gasteiger partial charge in [0.15, 0.2) is 0 Å². The van der Waals surface area contributed by atoms with Crippen molar-refractivity contribution in [3.63, 3.8) is 0 Å². The van der Waals surface area contributed by atoms with Gasteiger partial charge in [-0.3, -0.25) is 19.2 Å². The van der Waals surface area contributed by atoms with Crippen LogP contribution in [0.2, 0.25) is 0 Å². The van der Waals surface area contributed by atoms with E-state index in [-0.39, 0.29) is 11.8 Å². The number of rotatable bonds is 5. The number of amides is 2. The fourth-order valence-electron chi connectivity index (χ4n) is 4.11. The predicted octanol–water partition coefficient (Wildman–Crippen LogP) is 0.965. The molecule has 0 spiro atoms. The number of benzene rings is 1. The summed E-state index contributed by atoms with van der Waals surface area (Å²) in [4.78, 5) is 29.7. The fraction of sp³-hybridized carbons (Fsp3) is 0.476. The van der Waals surface area contributed by atoms with Crippen LogP contribution in [-0.2, 0) is 29.1 Å². The molecule has 28 heavy (non-hydrogen) atoms. The second kappa shape index (κ2) is 7.75. The van der Waals surface area contributed by atoms with Crippen LogP contribution in [0, 0.1) is 6.92 Å². The zero-order chi connectivity index (χ0) is 19.7. The van der Waals surface area contributed by atoms with Gasteiger partial charge in [0.25, 0.3) is 0 Å². The third kappa shape index (κ3) is 3.67. The first-order chi connectivity index (χ1) is 13.5. The molecule has 0 unspecified atom stereocenters. The highest BCUT2D eigenvalue weighted by atomic mass is 16.2. The first-order valence-corrected chi connectivity index (χ1v) is 9.95. The molecule has 2 amide bonds. The molecule has 0 radical (unpaired) electrons. The van der Waals surface area contributed by atoms with E-state index in [1.165, 1.54) is 5.56 Å². The van der Waals surface area contributed by atoms with Crippen LogP contribution in [0.15, 0.2) is 36.5 Å². The van der Waals surface area contributed by atoms with E-state index in [0.29, 0.717) is 19.5 Å². The summed E-state index contributed by atoms with van der Waals surface area (Å²) in [5.74, 6) is -0.0192. The van der Waals surface area contributed by atoms with Crippen molar-refractivity contribution >= 4 is 11.8 Å². The van der Waals surface area contributed by atoms with E-state index in [0.717, 1.165) is 30.9 Å². The van der Waals surface area contributed by atoms with Crippen molar-refractivity contribution in [2.45, 2.75) is 45.4 Å². The Hall–Kier alpha value is -2.67. The van der Waals surface area contributed by atoms with E-state index in [4.69, 9.17) is 0 Å². The van der Waals surface area contributed by atoms with Gasteiger partial charge < -0.3 is 10.2 Å². The first-order valence-electron chi connectivity index (χ1n) is 9.95. The highest BCUT2D eigenvalue weighted by Gasteiger charge is 2.43. The number of nitrogens with zero attached hydrogens (tertiary/aromatic N) is 4. The molecule has 1 aromatic carbocycles. The van der Waals surface area contributed by atoms with Crippen LogP contribution >= 0.6 is 0 Å². The third-order valence-corrected chi connectivity index (χ3v) is 5.71. The molecule has 148 valence electrons. The zero-order valence-corrected chi connectivity index (χ0v) is 16.5. The van der Waals surface area contributed by atoms with Crippen molar-refractivity contribution < 1.29 is 9.59 Å². The van der Waals surface area contributed by atoms with Gasteiger partial charge >= 0.3 is 0 Å². The number of hydrogen-bond donors (Lipinski definition) is 1. The van der Waals surface area contributed by atoms with Crippen molar-refractivity contribution in [2.75, 3.05) is 19.6 Å². The number of carbonyl (C=O) groups is 2. The first kappa shape index (κ1) is 18.7. The average Bonchev–Trinajstić information content (AvgIpc) is 3.06. The molecule has 3 heterocycles. The maximum atomic E-state index is 13.0. The van der Waals surface area contributed by atoms with Crippen LogP contribution in [0.1, 0.15) is 23.7 Å². The lowest BCUT2D eigenvalue weighted by Crippen LogP contribution is -2.69. The lowest BCUT2D eigenvalue weighted by atomic mass is 9.98. The molecular formula is C21H27N5O2. The van der Waals surface area contributed by atoms with Gasteiger partial charge in [0.05, 0.1) is 5.69 Å². The van der Waals surface area contributed by atoms with Crippen LogP contribution in [-0.4, -0.2) is 63.1 Å². The molecule has 2 atom stereocenters. The Morgan fingerprint density at radius 2 is 1.96 bits per heavy atom. The smallest absolute Gasteiger partial charge is 0.246 e. The normalized spacial score (nSPS) is 22.9. The average molecular weight is 381 g/mol. The van der Waals surface area contributed by atoms with Gasteiger partial charge in [-0.05, 0) is 19.4 Å². The SMILES string of the molecule is CCn1cc(CN2CCN3C(=O)[C@@H](Cc4ccccc4)NC(=O)[C@H]3C2)c(C)n1. The molecule has 1 N–H and O–H groups in total. The van der Waals surface area contributed by atoms with Crippen LogP contribution < -0.4 is 5.32 Å². The summed E-state index contributed by atoms with van der Waals surface area (Å²) in [7, 11) is 0. The second-order valence-corrected chi connectivity index (χ2v) is 7.63. The Balaban J connectivity index is 1.42. The van der Waals surface area contributed by atoms with Gasteiger partial charge in [-0.15, -0.1) is 0 Å². The van der Waals surface area contributed by atoms with E-state index >= 15 is 0 Å². The summed E-state index contributed by atoms with van der Waals surface area (Å²) in [6, 6.07) is 8.96. The monoisotopic (exact) mass is 381 g/mol. The lowest BCUT2D eigenvalue weighted by Gasteiger charge is -2.45. The topological polar surface area (TPSA) is 70.5 Å². The molecule has 2 fully saturated rings. The van der Waals surface area contributed by atoms with Crippen molar-refractivity contribution in [3.05, 3.63) is 53.3 Å². The Bertz CT molecular complexity index is 863. The van der Waals surface area contributed by atoms with Crippen molar-refractivity contribution in [1.29, 1.82) is 0 Å². The fourth-order valence-corrected chi connectivity index (χ4v) is 4.11. The predicted molar refractivity (Wildman–Crippen MR) is 105 cm³/mol. The van der Waals surface area contributed by atoms with Gasteiger partial charge in [0, 0.05) is 50.9 Å². The molecule has 2 saturated heterocycles. The molecule has 0 saturated carbocycles. The minimum Gasteiger partial charge on any atom is -0.342 e. The molecular weight excluding hydrogens is 354 g/mol. The van der Waals surface area contributed by atoms with E-state index in [9.17, 15) is 9.59 Å². The van der Waals surface area contributed by atoms with E-state index in [1.54, 1.807) is 4.90 Å². The molecule has 7 nitrogen and oxygen atoms in total. The summed E-state index contributed by atoms with van der Waals surface area (Å²) in [5.41, 5.74) is 3.26. The molecule has 0 bridgehead atoms. The van der Waals surface area contributed by atoms with Crippen molar-refractivity contribution in [1.82, 2.24) is 24.9 Å². The van der Waals surface area contributed by atoms with Gasteiger partial charge in [0.1, 0.15) is 12.1 Å². The highest BCUT2D eigenvalue weighted by molar-refractivity contribution is 5.97. The number of piperazine rings is 2. The molecule has 7 heteroatoms. The standard InChI is InChI=1S/C21H27N5O2/c1-3-25-13-17(15(2)23-25)12-24-9-10-26-19(14-24)20(27)22-18(21(26)28)11-16-7-5-4-6-8-16/h4-8,13,18-19H,3,9-12,14H2,1-2H3,(H,22,27)/t18-,19-/m1/s1. The van der Waals surface area contributed by atoms with E-state index in [1.807, 2.05) is 41.9 Å². The maximum absolute atomic E-state index is 13.0. The Morgan fingerprint density at radius 3 is 2.68 bits per heavy atom. The number of aryl methyl sites for hydroxylation is 2. The van der Waals surface area contributed by atoms with Crippen molar-refractivity contribution in [3.8, 4) is 0 Å². The number of aromatic nitrogens is 2. The number of carbonyl (C=O) groups excluding carboxylic acids is 2. The van der Waals surface area contributed by atoms with E-state index < -0.39 is 12.1 Å². The van der Waals surface area contributed by atoms with Crippen LogP contribution in [0.5, 0.6) is 0 Å². The van der Waals surface area contributed by atoms with Crippen molar-refractivity contribution in [2.24, 2.45) is 0 Å². The van der Waals surface area contributed by atoms with Gasteiger partial charge in [-0.25, -0.2) is 0 Å². The highest BCUT2D eigenvalue weighted by Crippen LogP contribution is 2.20. The minimum absolute atomic E-state index is 0.0306. The Morgan fingerprint density at radius 1 is 1.18 bits per heavy atom. The third-order valence-electron chi connectivity index (χ3n) is 5.71. The minimum atomic E-state index is -0.470. The Labute approximate surface area is 165 Å². The zero-order valence-electron chi connectivity index (χ0n) is 16.5. The van der Waals surface area contributed by atoms with Crippen LogP contribution in [0.4, 0.5) is 0 Å². The van der Waals surface area contributed by atoms with E-state index in [2.05, 4.69) is 28.4 Å². The number of nitrogens with one attached hydrogen (secondary N) is 1. The van der Waals surface area contributed by atoms with Crippen LogP contribution in [0.25, 0.3) is 0 Å². The second-order valence-electron chi connectivity index (χ2n) is 7.63. The summed E-state index contributed by atoms with van der Waals surface area (Å²) < 4.78 is 1.94. The molecule has 1 aromatic heterocycles. The quantitative estimate of drug-likeness (QED) is 0.838. The largest absolute Gasteiger partial charge is 0.342 e. The Kier molecular flexibility index (Phi) is 5.17. The summed E-state index contributed by atoms with van der Waals surface area (Å²) in [6.07, 6.45) is 2.61.